The highest BCUT2D eigenvalue weighted by molar-refractivity contribution is 4.75. The van der Waals surface area contributed by atoms with E-state index in [2.05, 4.69) is 0 Å². The molecule has 1 atom stereocenters. The van der Waals surface area contributed by atoms with Gasteiger partial charge < -0.3 is 10.2 Å². The van der Waals surface area contributed by atoms with Gasteiger partial charge in [-0.2, -0.15) is 0 Å². The summed E-state index contributed by atoms with van der Waals surface area (Å²) in [5.74, 6) is 0.720. The van der Waals surface area contributed by atoms with Crippen molar-refractivity contribution in [2.75, 3.05) is 6.61 Å². The van der Waals surface area contributed by atoms with E-state index in [1.54, 1.807) is 0 Å². The standard InChI is InChI=1S/C6H12O2/c7-4-6(8)3-5-1-2-5/h5-8H,1-4H2/t6-/m0/s1. The van der Waals surface area contributed by atoms with Crippen molar-refractivity contribution in [3.63, 3.8) is 0 Å². The van der Waals surface area contributed by atoms with E-state index in [4.69, 9.17) is 10.2 Å². The summed E-state index contributed by atoms with van der Waals surface area (Å²) in [5.41, 5.74) is 0. The third-order valence-corrected chi connectivity index (χ3v) is 1.51. The van der Waals surface area contributed by atoms with Gasteiger partial charge in [-0.3, -0.25) is 0 Å². The molecule has 0 aromatic heterocycles. The van der Waals surface area contributed by atoms with Crippen LogP contribution in [0.15, 0.2) is 0 Å². The zero-order valence-corrected chi connectivity index (χ0v) is 4.88. The van der Waals surface area contributed by atoms with Crippen molar-refractivity contribution in [2.45, 2.75) is 25.4 Å². The van der Waals surface area contributed by atoms with Crippen molar-refractivity contribution in [2.24, 2.45) is 5.92 Å². The van der Waals surface area contributed by atoms with Crippen LogP contribution in [-0.2, 0) is 0 Å². The van der Waals surface area contributed by atoms with Crippen LogP contribution >= 0.6 is 0 Å². The van der Waals surface area contributed by atoms with E-state index in [0.717, 1.165) is 12.3 Å². The fraction of sp³-hybridized carbons (Fsp3) is 1.00. The second kappa shape index (κ2) is 2.46. The predicted molar refractivity (Wildman–Crippen MR) is 30.4 cm³/mol. The molecule has 0 spiro atoms. The zero-order chi connectivity index (χ0) is 5.98. The molecule has 48 valence electrons. The van der Waals surface area contributed by atoms with Gasteiger partial charge in [0.2, 0.25) is 0 Å². The molecule has 1 fully saturated rings. The van der Waals surface area contributed by atoms with Gasteiger partial charge in [-0.15, -0.1) is 0 Å². The summed E-state index contributed by atoms with van der Waals surface area (Å²) in [7, 11) is 0. The average Bonchev–Trinajstić information content (AvgIpc) is 2.50. The van der Waals surface area contributed by atoms with Crippen LogP contribution in [0.25, 0.3) is 0 Å². The van der Waals surface area contributed by atoms with Gasteiger partial charge in [0.1, 0.15) is 0 Å². The SMILES string of the molecule is OC[C@@H](O)CC1CC1. The van der Waals surface area contributed by atoms with E-state index < -0.39 is 6.10 Å². The lowest BCUT2D eigenvalue weighted by molar-refractivity contribution is 0.0838. The molecule has 0 saturated heterocycles. The summed E-state index contributed by atoms with van der Waals surface area (Å²) in [6.07, 6.45) is 2.84. The largest absolute Gasteiger partial charge is 0.394 e. The molecule has 1 saturated carbocycles. The Kier molecular flexibility index (Phi) is 1.86. The Balaban J connectivity index is 1.98. The first-order valence-corrected chi connectivity index (χ1v) is 3.12. The second-order valence-electron chi connectivity index (χ2n) is 2.52. The molecule has 1 rings (SSSR count). The second-order valence-corrected chi connectivity index (χ2v) is 2.52. The van der Waals surface area contributed by atoms with Crippen molar-refractivity contribution < 1.29 is 10.2 Å². The minimum atomic E-state index is -0.456. The average molecular weight is 116 g/mol. The molecule has 8 heavy (non-hydrogen) atoms. The maximum absolute atomic E-state index is 8.82. The topological polar surface area (TPSA) is 40.5 Å². The van der Waals surface area contributed by atoms with Gasteiger partial charge in [-0.25, -0.2) is 0 Å². The van der Waals surface area contributed by atoms with Crippen LogP contribution < -0.4 is 0 Å². The lowest BCUT2D eigenvalue weighted by atomic mass is 10.2. The molecule has 0 amide bonds. The summed E-state index contributed by atoms with van der Waals surface area (Å²) < 4.78 is 0. The van der Waals surface area contributed by atoms with Gasteiger partial charge in [-0.1, -0.05) is 12.8 Å². The molecule has 0 heterocycles. The quantitative estimate of drug-likeness (QED) is 0.550. The van der Waals surface area contributed by atoms with Gasteiger partial charge in [0.25, 0.3) is 0 Å². The Morgan fingerprint density at radius 3 is 2.50 bits per heavy atom. The maximum atomic E-state index is 8.82. The Morgan fingerprint density at radius 2 is 2.12 bits per heavy atom. The fourth-order valence-corrected chi connectivity index (χ4v) is 0.813. The van der Waals surface area contributed by atoms with Crippen LogP contribution in [0.2, 0.25) is 0 Å². The van der Waals surface area contributed by atoms with E-state index in [9.17, 15) is 0 Å². The lowest BCUT2D eigenvalue weighted by Gasteiger charge is -2.02. The van der Waals surface area contributed by atoms with Crippen molar-refractivity contribution in [3.05, 3.63) is 0 Å². The fourth-order valence-electron chi connectivity index (χ4n) is 0.813. The van der Waals surface area contributed by atoms with Crippen molar-refractivity contribution in [3.8, 4) is 0 Å². The first-order valence-electron chi connectivity index (χ1n) is 3.12. The summed E-state index contributed by atoms with van der Waals surface area (Å²) in [5, 5.41) is 17.2. The van der Waals surface area contributed by atoms with Crippen LogP contribution in [0.4, 0.5) is 0 Å². The molecule has 0 aliphatic heterocycles. The Hall–Kier alpha value is -0.0800. The molecule has 0 aromatic carbocycles. The minimum absolute atomic E-state index is 0.0729. The Labute approximate surface area is 49.1 Å². The molecule has 0 bridgehead atoms. The number of aliphatic hydroxyl groups excluding tert-OH is 2. The summed E-state index contributed by atoms with van der Waals surface area (Å²) >= 11 is 0. The third kappa shape index (κ3) is 1.80. The summed E-state index contributed by atoms with van der Waals surface area (Å²) in [6.45, 7) is -0.0729. The van der Waals surface area contributed by atoms with Crippen molar-refractivity contribution in [1.82, 2.24) is 0 Å². The van der Waals surface area contributed by atoms with Crippen molar-refractivity contribution in [1.29, 1.82) is 0 Å². The normalized spacial score (nSPS) is 23.2. The minimum Gasteiger partial charge on any atom is -0.394 e. The molecule has 0 radical (unpaired) electrons. The molecule has 2 heteroatoms. The van der Waals surface area contributed by atoms with Gasteiger partial charge in [-0.05, 0) is 12.3 Å². The predicted octanol–water partition coefficient (Wildman–Crippen LogP) is 0.140. The molecular weight excluding hydrogens is 104 g/mol. The van der Waals surface area contributed by atoms with Crippen LogP contribution in [0.3, 0.4) is 0 Å². The van der Waals surface area contributed by atoms with E-state index >= 15 is 0 Å². The molecule has 0 unspecified atom stereocenters. The maximum Gasteiger partial charge on any atom is 0.0773 e. The zero-order valence-electron chi connectivity index (χ0n) is 4.88. The smallest absolute Gasteiger partial charge is 0.0773 e. The summed E-state index contributed by atoms with van der Waals surface area (Å²) in [6, 6.07) is 0. The molecule has 1 aliphatic rings. The third-order valence-electron chi connectivity index (χ3n) is 1.51. The Bertz CT molecular complexity index is 68.9. The van der Waals surface area contributed by atoms with E-state index in [0.29, 0.717) is 0 Å². The number of aliphatic hydroxyl groups is 2. The number of hydrogen-bond donors (Lipinski definition) is 2. The number of hydrogen-bond acceptors (Lipinski definition) is 2. The van der Waals surface area contributed by atoms with E-state index in [1.807, 2.05) is 0 Å². The Morgan fingerprint density at radius 1 is 1.50 bits per heavy atom. The highest BCUT2D eigenvalue weighted by Gasteiger charge is 2.23. The first kappa shape index (κ1) is 6.05. The molecule has 0 aromatic rings. The molecular formula is C6H12O2. The lowest BCUT2D eigenvalue weighted by Crippen LogP contribution is -2.11. The highest BCUT2D eigenvalue weighted by Crippen LogP contribution is 2.33. The van der Waals surface area contributed by atoms with Gasteiger partial charge in [0, 0.05) is 0 Å². The van der Waals surface area contributed by atoms with Gasteiger partial charge in [0.05, 0.1) is 12.7 Å². The van der Waals surface area contributed by atoms with Crippen LogP contribution in [0, 0.1) is 5.92 Å². The molecule has 2 N–H and O–H groups in total. The van der Waals surface area contributed by atoms with Crippen LogP contribution in [0.5, 0.6) is 0 Å². The van der Waals surface area contributed by atoms with Crippen molar-refractivity contribution >= 4 is 0 Å². The van der Waals surface area contributed by atoms with Gasteiger partial charge in [0.15, 0.2) is 0 Å². The monoisotopic (exact) mass is 116 g/mol. The molecule has 1 aliphatic carbocycles. The summed E-state index contributed by atoms with van der Waals surface area (Å²) in [4.78, 5) is 0. The molecule has 2 nitrogen and oxygen atoms in total. The number of rotatable bonds is 3. The first-order chi connectivity index (χ1) is 3.83. The van der Waals surface area contributed by atoms with E-state index in [-0.39, 0.29) is 6.61 Å². The van der Waals surface area contributed by atoms with Crippen LogP contribution in [0.1, 0.15) is 19.3 Å². The highest BCUT2D eigenvalue weighted by atomic mass is 16.3. The van der Waals surface area contributed by atoms with E-state index in [1.165, 1.54) is 12.8 Å². The van der Waals surface area contributed by atoms with Crippen LogP contribution in [-0.4, -0.2) is 22.9 Å². The van der Waals surface area contributed by atoms with Gasteiger partial charge >= 0.3 is 0 Å².